The van der Waals surface area contributed by atoms with E-state index in [0.717, 1.165) is 48.0 Å². The van der Waals surface area contributed by atoms with Gasteiger partial charge in [-0.05, 0) is 82.4 Å². The van der Waals surface area contributed by atoms with Crippen LogP contribution in [-0.4, -0.2) is 94.1 Å². The maximum absolute atomic E-state index is 12.9. The Labute approximate surface area is 250 Å². The van der Waals surface area contributed by atoms with Crippen molar-refractivity contribution in [3.05, 3.63) is 71.4 Å². The summed E-state index contributed by atoms with van der Waals surface area (Å²) in [6.45, 7) is 8.90. The first-order valence-electron chi connectivity index (χ1n) is 15.7. The van der Waals surface area contributed by atoms with Gasteiger partial charge in [-0.15, -0.1) is 0 Å². The Morgan fingerprint density at radius 3 is 2.43 bits per heavy atom. The lowest BCUT2D eigenvalue weighted by atomic mass is 10.00. The highest BCUT2D eigenvalue weighted by Crippen LogP contribution is 2.22. The number of para-hydroxylation sites is 1. The first kappa shape index (κ1) is 30.4. The third-order valence-corrected chi connectivity index (χ3v) is 9.11. The van der Waals surface area contributed by atoms with Crippen LogP contribution < -0.4 is 5.32 Å². The highest BCUT2D eigenvalue weighted by molar-refractivity contribution is 5.95. The summed E-state index contributed by atoms with van der Waals surface area (Å²) in [4.78, 5) is 35.3. The number of Topliss-reactive ketones (excluding diaryl/α,β-unsaturated/α-hetero) is 1. The molecule has 42 heavy (non-hydrogen) atoms. The SMILES string of the molecule is CC(=O)c1ccccc1CN(C[C@@H](Cc1c[nH]c2ccccc12)NC(O)CN1CCC(N2CCCCC2)CC1)C(C)=O. The Hall–Kier alpha value is -3.04. The van der Waals surface area contributed by atoms with Crippen LogP contribution in [0, 0.1) is 0 Å². The predicted molar refractivity (Wildman–Crippen MR) is 167 cm³/mol. The highest BCUT2D eigenvalue weighted by atomic mass is 16.3. The number of β-amino-alcohol motifs (C(OH)–C–C–N with tert-alkyl or cyclic N) is 1. The van der Waals surface area contributed by atoms with Crippen LogP contribution in [0.2, 0.25) is 0 Å². The summed E-state index contributed by atoms with van der Waals surface area (Å²) in [5.41, 5.74) is 3.69. The molecule has 2 saturated heterocycles. The van der Waals surface area contributed by atoms with Crippen molar-refractivity contribution in [2.75, 3.05) is 39.3 Å². The number of hydrogen-bond donors (Lipinski definition) is 3. The first-order chi connectivity index (χ1) is 20.4. The number of carbonyl (C=O) groups excluding carboxylic acids is 2. The van der Waals surface area contributed by atoms with E-state index in [1.165, 1.54) is 32.4 Å². The Kier molecular flexibility index (Phi) is 10.4. The second-order valence-corrected chi connectivity index (χ2v) is 12.2. The number of amides is 1. The standard InChI is InChI=1S/C34H47N5O3/c1-25(40)31-11-5-4-10-27(31)22-39(26(2)41)23-29(20-28-21-35-33-13-7-6-12-32(28)33)36-34(42)24-37-18-14-30(15-19-37)38-16-8-3-9-17-38/h4-7,10-13,21,29-30,34-36,42H,3,8-9,14-20,22-24H2,1-2H3/t29-,34?/m1/s1. The largest absolute Gasteiger partial charge is 0.377 e. The molecule has 2 fully saturated rings. The zero-order chi connectivity index (χ0) is 29.5. The van der Waals surface area contributed by atoms with E-state index in [1.807, 2.05) is 42.6 Å². The number of aliphatic hydroxyl groups is 1. The number of ketones is 1. The fourth-order valence-electron chi connectivity index (χ4n) is 6.84. The van der Waals surface area contributed by atoms with E-state index >= 15 is 0 Å². The molecule has 3 N–H and O–H groups in total. The number of nitrogens with zero attached hydrogens (tertiary/aromatic N) is 3. The van der Waals surface area contributed by atoms with E-state index in [9.17, 15) is 14.7 Å². The molecule has 226 valence electrons. The number of piperidine rings is 2. The molecule has 0 bridgehead atoms. The van der Waals surface area contributed by atoms with Gasteiger partial charge in [0.15, 0.2) is 5.78 Å². The van der Waals surface area contributed by atoms with E-state index in [-0.39, 0.29) is 17.7 Å². The number of aromatic nitrogens is 1. The van der Waals surface area contributed by atoms with Crippen LogP contribution in [0.4, 0.5) is 0 Å². The van der Waals surface area contributed by atoms with Crippen molar-refractivity contribution in [2.24, 2.45) is 0 Å². The molecule has 2 atom stereocenters. The molecule has 2 aliphatic heterocycles. The Morgan fingerprint density at radius 2 is 1.69 bits per heavy atom. The van der Waals surface area contributed by atoms with Crippen molar-refractivity contribution in [3.63, 3.8) is 0 Å². The number of hydrogen-bond acceptors (Lipinski definition) is 6. The van der Waals surface area contributed by atoms with E-state index in [4.69, 9.17) is 0 Å². The van der Waals surface area contributed by atoms with Gasteiger partial charge in [-0.2, -0.15) is 0 Å². The Bertz CT molecular complexity index is 1330. The minimum absolute atomic E-state index is 0.0120. The average molecular weight is 574 g/mol. The van der Waals surface area contributed by atoms with Crippen LogP contribution in [0.3, 0.4) is 0 Å². The van der Waals surface area contributed by atoms with E-state index in [1.54, 1.807) is 18.7 Å². The third-order valence-electron chi connectivity index (χ3n) is 9.11. The summed E-state index contributed by atoms with van der Waals surface area (Å²) < 4.78 is 0. The zero-order valence-corrected chi connectivity index (χ0v) is 25.2. The van der Waals surface area contributed by atoms with E-state index in [2.05, 4.69) is 32.2 Å². The molecule has 2 aliphatic rings. The molecule has 3 heterocycles. The van der Waals surface area contributed by atoms with Gasteiger partial charge in [-0.1, -0.05) is 48.9 Å². The summed E-state index contributed by atoms with van der Waals surface area (Å²) in [5.74, 6) is -0.0737. The summed E-state index contributed by atoms with van der Waals surface area (Å²) in [6.07, 6.45) is 8.26. The van der Waals surface area contributed by atoms with Crippen LogP contribution in [0.5, 0.6) is 0 Å². The first-order valence-corrected chi connectivity index (χ1v) is 15.7. The minimum atomic E-state index is -0.718. The molecule has 3 aromatic rings. The number of carbonyl (C=O) groups is 2. The van der Waals surface area contributed by atoms with Gasteiger partial charge in [0, 0.05) is 61.3 Å². The number of aromatic amines is 1. The molecule has 1 aromatic heterocycles. The normalized spacial score (nSPS) is 18.6. The van der Waals surface area contributed by atoms with Crippen LogP contribution in [0.15, 0.2) is 54.7 Å². The van der Waals surface area contributed by atoms with Gasteiger partial charge in [-0.3, -0.25) is 19.8 Å². The van der Waals surface area contributed by atoms with Crippen molar-refractivity contribution in [2.45, 2.75) is 77.2 Å². The lowest BCUT2D eigenvalue weighted by molar-refractivity contribution is -0.130. The van der Waals surface area contributed by atoms with E-state index in [0.29, 0.717) is 37.7 Å². The number of nitrogens with one attached hydrogen (secondary N) is 2. The van der Waals surface area contributed by atoms with Gasteiger partial charge in [0.1, 0.15) is 6.23 Å². The minimum Gasteiger partial charge on any atom is -0.377 e. The van der Waals surface area contributed by atoms with Crippen molar-refractivity contribution in [3.8, 4) is 0 Å². The topological polar surface area (TPSA) is 91.9 Å². The van der Waals surface area contributed by atoms with Gasteiger partial charge >= 0.3 is 0 Å². The monoisotopic (exact) mass is 573 g/mol. The number of fused-ring (bicyclic) bond motifs is 1. The molecule has 0 aliphatic carbocycles. The molecule has 5 rings (SSSR count). The Morgan fingerprint density at radius 1 is 0.976 bits per heavy atom. The highest BCUT2D eigenvalue weighted by Gasteiger charge is 2.28. The fraction of sp³-hybridized carbons (Fsp3) is 0.529. The molecule has 0 spiro atoms. The van der Waals surface area contributed by atoms with Crippen LogP contribution in [0.25, 0.3) is 10.9 Å². The number of benzene rings is 2. The average Bonchev–Trinajstić information content (AvgIpc) is 3.40. The van der Waals surface area contributed by atoms with Crippen molar-refractivity contribution in [1.29, 1.82) is 0 Å². The number of likely N-dealkylation sites (tertiary alicyclic amines) is 2. The Balaban J connectivity index is 1.26. The van der Waals surface area contributed by atoms with Gasteiger partial charge in [0.05, 0.1) is 0 Å². The lowest BCUT2D eigenvalue weighted by Gasteiger charge is -2.41. The van der Waals surface area contributed by atoms with Gasteiger partial charge in [0.2, 0.25) is 5.91 Å². The molecule has 0 radical (unpaired) electrons. The zero-order valence-electron chi connectivity index (χ0n) is 25.2. The maximum atomic E-state index is 12.9. The lowest BCUT2D eigenvalue weighted by Crippen LogP contribution is -2.53. The third kappa shape index (κ3) is 7.86. The van der Waals surface area contributed by atoms with E-state index < -0.39 is 6.23 Å². The molecular formula is C34H47N5O3. The van der Waals surface area contributed by atoms with Crippen LogP contribution in [0.1, 0.15) is 67.4 Å². The second-order valence-electron chi connectivity index (χ2n) is 12.2. The maximum Gasteiger partial charge on any atom is 0.219 e. The molecule has 2 aromatic carbocycles. The fourth-order valence-corrected chi connectivity index (χ4v) is 6.84. The molecule has 8 nitrogen and oxygen atoms in total. The number of aliphatic hydroxyl groups excluding tert-OH is 1. The van der Waals surface area contributed by atoms with Crippen molar-refractivity contribution < 1.29 is 14.7 Å². The molecule has 0 saturated carbocycles. The summed E-state index contributed by atoms with van der Waals surface area (Å²) in [6, 6.07) is 16.2. The molecular weight excluding hydrogens is 526 g/mol. The van der Waals surface area contributed by atoms with Gasteiger partial charge < -0.3 is 19.9 Å². The van der Waals surface area contributed by atoms with Crippen LogP contribution in [-0.2, 0) is 17.8 Å². The number of rotatable bonds is 12. The van der Waals surface area contributed by atoms with Crippen molar-refractivity contribution in [1.82, 2.24) is 25.0 Å². The summed E-state index contributed by atoms with van der Waals surface area (Å²) >= 11 is 0. The summed E-state index contributed by atoms with van der Waals surface area (Å²) in [5, 5.41) is 15.9. The van der Waals surface area contributed by atoms with Gasteiger partial charge in [0.25, 0.3) is 0 Å². The molecule has 8 heteroatoms. The molecule has 1 amide bonds. The van der Waals surface area contributed by atoms with Gasteiger partial charge in [-0.25, -0.2) is 0 Å². The second kappa shape index (κ2) is 14.4. The quantitative estimate of drug-likeness (QED) is 0.222. The smallest absolute Gasteiger partial charge is 0.219 e. The summed E-state index contributed by atoms with van der Waals surface area (Å²) in [7, 11) is 0. The number of H-pyrrole nitrogens is 1. The van der Waals surface area contributed by atoms with Crippen molar-refractivity contribution >= 4 is 22.6 Å². The predicted octanol–water partition coefficient (Wildman–Crippen LogP) is 4.19. The molecule has 1 unspecified atom stereocenters. The van der Waals surface area contributed by atoms with Crippen LogP contribution >= 0.6 is 0 Å².